The lowest BCUT2D eigenvalue weighted by Crippen LogP contribution is -2.37. The molecule has 1 aromatic rings. The Morgan fingerprint density at radius 1 is 1.43 bits per heavy atom. The molecular weight excluding hydrogens is 275 g/mol. The van der Waals surface area contributed by atoms with E-state index in [0.717, 1.165) is 25.3 Å². The third-order valence-electron chi connectivity index (χ3n) is 3.43. The first-order valence-corrected chi connectivity index (χ1v) is 7.10. The largest absolute Gasteiger partial charge is 0.478 e. The van der Waals surface area contributed by atoms with Crippen LogP contribution in [0.4, 0.5) is 14.9 Å². The van der Waals surface area contributed by atoms with Gasteiger partial charge in [0.1, 0.15) is 11.4 Å². The Kier molecular flexibility index (Phi) is 4.77. The van der Waals surface area contributed by atoms with Crippen LogP contribution in [0.3, 0.4) is 0 Å². The molecule has 0 aromatic heterocycles. The normalized spacial score (nSPS) is 13.8. The number of rotatable bonds is 6. The second kappa shape index (κ2) is 6.56. The summed E-state index contributed by atoms with van der Waals surface area (Å²) in [6, 6.07) is 3.46. The number of amides is 2. The average molecular weight is 294 g/mol. The van der Waals surface area contributed by atoms with Gasteiger partial charge < -0.3 is 15.3 Å². The summed E-state index contributed by atoms with van der Waals surface area (Å²) in [5, 5.41) is 11.6. The van der Waals surface area contributed by atoms with Crippen molar-refractivity contribution in [3.05, 3.63) is 29.6 Å². The summed E-state index contributed by atoms with van der Waals surface area (Å²) in [5.74, 6) is -1.72. The molecule has 0 radical (unpaired) electrons. The van der Waals surface area contributed by atoms with E-state index in [-0.39, 0.29) is 11.7 Å². The van der Waals surface area contributed by atoms with Crippen LogP contribution in [-0.4, -0.2) is 35.1 Å². The molecule has 5 nitrogen and oxygen atoms in total. The molecule has 1 saturated carbocycles. The minimum Gasteiger partial charge on any atom is -0.478 e. The van der Waals surface area contributed by atoms with E-state index in [2.05, 4.69) is 5.32 Å². The molecule has 0 atom stereocenters. The number of urea groups is 1. The average Bonchev–Trinajstić information content (AvgIpc) is 3.21. The Morgan fingerprint density at radius 2 is 2.14 bits per heavy atom. The fourth-order valence-corrected chi connectivity index (χ4v) is 2.20. The number of carbonyl (C=O) groups is 2. The summed E-state index contributed by atoms with van der Waals surface area (Å²) in [7, 11) is 0. The topological polar surface area (TPSA) is 69.6 Å². The summed E-state index contributed by atoms with van der Waals surface area (Å²) in [4.78, 5) is 25.0. The van der Waals surface area contributed by atoms with Crippen molar-refractivity contribution < 1.29 is 19.1 Å². The zero-order valence-corrected chi connectivity index (χ0v) is 11.9. The van der Waals surface area contributed by atoms with E-state index in [1.165, 1.54) is 12.1 Å². The molecule has 0 saturated heterocycles. The van der Waals surface area contributed by atoms with Crippen LogP contribution in [0.25, 0.3) is 0 Å². The summed E-state index contributed by atoms with van der Waals surface area (Å²) >= 11 is 0. The second-order valence-corrected chi connectivity index (χ2v) is 5.29. The van der Waals surface area contributed by atoms with Crippen LogP contribution in [0.15, 0.2) is 18.2 Å². The number of anilines is 1. The molecule has 2 rings (SSSR count). The highest BCUT2D eigenvalue weighted by atomic mass is 19.1. The smallest absolute Gasteiger partial charge is 0.340 e. The van der Waals surface area contributed by atoms with Gasteiger partial charge in [-0.2, -0.15) is 0 Å². The van der Waals surface area contributed by atoms with Crippen molar-refractivity contribution in [2.45, 2.75) is 26.2 Å². The van der Waals surface area contributed by atoms with Crippen LogP contribution >= 0.6 is 0 Å². The number of carbonyl (C=O) groups excluding carboxylic acids is 1. The molecule has 1 fully saturated rings. The maximum atomic E-state index is 13.6. The Morgan fingerprint density at radius 3 is 2.71 bits per heavy atom. The summed E-state index contributed by atoms with van der Waals surface area (Å²) in [5.41, 5.74) is -0.516. The number of aromatic carboxylic acids is 1. The molecule has 0 bridgehead atoms. The first-order valence-electron chi connectivity index (χ1n) is 7.10. The molecule has 21 heavy (non-hydrogen) atoms. The van der Waals surface area contributed by atoms with E-state index < -0.39 is 17.3 Å². The number of halogens is 1. The molecule has 1 aliphatic carbocycles. The minimum atomic E-state index is -1.40. The highest BCUT2D eigenvalue weighted by molar-refractivity contribution is 6.00. The molecule has 0 spiro atoms. The van der Waals surface area contributed by atoms with Crippen molar-refractivity contribution in [3.8, 4) is 0 Å². The second-order valence-electron chi connectivity index (χ2n) is 5.29. The van der Waals surface area contributed by atoms with Gasteiger partial charge in [0, 0.05) is 13.1 Å². The number of carboxylic acid groups (broad SMARTS) is 1. The Balaban J connectivity index is 2.13. The van der Waals surface area contributed by atoms with Crippen LogP contribution in [-0.2, 0) is 0 Å². The minimum absolute atomic E-state index is 0.00981. The van der Waals surface area contributed by atoms with E-state index in [1.807, 2.05) is 6.92 Å². The zero-order chi connectivity index (χ0) is 15.4. The molecule has 114 valence electrons. The van der Waals surface area contributed by atoms with E-state index in [1.54, 1.807) is 4.90 Å². The van der Waals surface area contributed by atoms with Gasteiger partial charge in [-0.05, 0) is 37.3 Å². The van der Waals surface area contributed by atoms with Crippen molar-refractivity contribution in [2.75, 3.05) is 18.4 Å². The molecule has 1 aliphatic rings. The Labute approximate surface area is 122 Å². The van der Waals surface area contributed by atoms with Gasteiger partial charge in [0.05, 0.1) is 5.69 Å². The summed E-state index contributed by atoms with van der Waals surface area (Å²) < 4.78 is 13.6. The van der Waals surface area contributed by atoms with Crippen molar-refractivity contribution in [3.63, 3.8) is 0 Å². The summed E-state index contributed by atoms with van der Waals surface area (Å²) in [6.45, 7) is 3.23. The van der Waals surface area contributed by atoms with E-state index in [4.69, 9.17) is 5.11 Å². The SMILES string of the molecule is CCCN(CC1CC1)C(=O)Nc1cccc(F)c1C(=O)O. The third kappa shape index (κ3) is 3.93. The number of carboxylic acids is 1. The molecule has 0 aliphatic heterocycles. The molecule has 0 heterocycles. The molecule has 6 heteroatoms. The van der Waals surface area contributed by atoms with Gasteiger partial charge in [-0.1, -0.05) is 13.0 Å². The molecule has 1 aromatic carbocycles. The first-order chi connectivity index (χ1) is 10.0. The molecule has 2 N–H and O–H groups in total. The van der Waals surface area contributed by atoms with Gasteiger partial charge in [0.25, 0.3) is 0 Å². The van der Waals surface area contributed by atoms with Gasteiger partial charge >= 0.3 is 12.0 Å². The third-order valence-corrected chi connectivity index (χ3v) is 3.43. The Hall–Kier alpha value is -2.11. The van der Waals surface area contributed by atoms with Crippen LogP contribution in [0.1, 0.15) is 36.5 Å². The van der Waals surface area contributed by atoms with Gasteiger partial charge in [0.2, 0.25) is 0 Å². The highest BCUT2D eigenvalue weighted by Crippen LogP contribution is 2.30. The lowest BCUT2D eigenvalue weighted by molar-refractivity contribution is 0.0693. The number of nitrogens with one attached hydrogen (secondary N) is 1. The van der Waals surface area contributed by atoms with Crippen LogP contribution in [0.2, 0.25) is 0 Å². The Bertz CT molecular complexity index is 544. The lowest BCUT2D eigenvalue weighted by atomic mass is 10.1. The predicted molar refractivity (Wildman–Crippen MR) is 77.0 cm³/mol. The van der Waals surface area contributed by atoms with Crippen molar-refractivity contribution in [1.29, 1.82) is 0 Å². The van der Waals surface area contributed by atoms with Crippen LogP contribution in [0.5, 0.6) is 0 Å². The highest BCUT2D eigenvalue weighted by Gasteiger charge is 2.27. The van der Waals surface area contributed by atoms with Crippen molar-refractivity contribution in [1.82, 2.24) is 4.90 Å². The van der Waals surface area contributed by atoms with Crippen molar-refractivity contribution in [2.24, 2.45) is 5.92 Å². The maximum Gasteiger partial charge on any atom is 0.340 e. The fourth-order valence-electron chi connectivity index (χ4n) is 2.20. The van der Waals surface area contributed by atoms with Gasteiger partial charge in [-0.15, -0.1) is 0 Å². The number of nitrogens with zero attached hydrogens (tertiary/aromatic N) is 1. The summed E-state index contributed by atoms with van der Waals surface area (Å²) in [6.07, 6.45) is 3.05. The quantitative estimate of drug-likeness (QED) is 0.846. The van der Waals surface area contributed by atoms with Crippen LogP contribution in [0, 0.1) is 11.7 Å². The monoisotopic (exact) mass is 294 g/mol. The number of hydrogen-bond acceptors (Lipinski definition) is 2. The van der Waals surface area contributed by atoms with E-state index in [0.29, 0.717) is 19.0 Å². The standard InChI is InChI=1S/C15H19FN2O3/c1-2-8-18(9-10-6-7-10)15(21)17-12-5-3-4-11(16)13(12)14(19)20/h3-5,10H,2,6-9H2,1H3,(H,17,21)(H,19,20). The lowest BCUT2D eigenvalue weighted by Gasteiger charge is -2.23. The van der Waals surface area contributed by atoms with Crippen molar-refractivity contribution >= 4 is 17.7 Å². The van der Waals surface area contributed by atoms with Crippen LogP contribution < -0.4 is 5.32 Å². The molecular formula is C15H19FN2O3. The van der Waals surface area contributed by atoms with E-state index in [9.17, 15) is 14.0 Å². The van der Waals surface area contributed by atoms with Gasteiger partial charge in [0.15, 0.2) is 0 Å². The maximum absolute atomic E-state index is 13.6. The predicted octanol–water partition coefficient (Wildman–Crippen LogP) is 3.18. The zero-order valence-electron chi connectivity index (χ0n) is 11.9. The van der Waals surface area contributed by atoms with Gasteiger partial charge in [-0.3, -0.25) is 0 Å². The van der Waals surface area contributed by atoms with E-state index >= 15 is 0 Å². The first kappa shape index (κ1) is 15.3. The fraction of sp³-hybridized carbons (Fsp3) is 0.467. The molecule has 2 amide bonds. The number of hydrogen-bond donors (Lipinski definition) is 2. The van der Waals surface area contributed by atoms with Gasteiger partial charge in [-0.25, -0.2) is 14.0 Å². The number of benzene rings is 1. The molecule has 0 unspecified atom stereocenters.